The molecule has 0 radical (unpaired) electrons. The molecule has 2 aromatic carbocycles. The average molecular weight is 289 g/mol. The van der Waals surface area contributed by atoms with Crippen LogP contribution in [0.1, 0.15) is 21.5 Å². The largest absolute Gasteiger partial charge is 0.507 e. The Balaban J connectivity index is 2.06. The van der Waals surface area contributed by atoms with Gasteiger partial charge in [0, 0.05) is 16.1 Å². The smallest absolute Gasteiger partial charge is 0.271 e. The van der Waals surface area contributed by atoms with Crippen LogP contribution in [0.25, 0.3) is 0 Å². The molecule has 0 aromatic heterocycles. The Kier molecular flexibility index (Phi) is 4.38. The molecule has 2 rings (SSSR count). The van der Waals surface area contributed by atoms with Gasteiger partial charge in [0.1, 0.15) is 5.75 Å². The number of hydrazone groups is 1. The van der Waals surface area contributed by atoms with Crippen LogP contribution in [0.2, 0.25) is 5.02 Å². The molecule has 102 valence electrons. The number of aromatic hydroxyl groups is 1. The number of phenolic OH excluding ortho intramolecular Hbond substituents is 1. The molecule has 20 heavy (non-hydrogen) atoms. The van der Waals surface area contributed by atoms with E-state index in [4.69, 9.17) is 11.6 Å². The molecule has 1 amide bonds. The number of rotatable bonds is 3. The van der Waals surface area contributed by atoms with Crippen molar-refractivity contribution >= 4 is 23.7 Å². The van der Waals surface area contributed by atoms with Crippen LogP contribution in [0, 0.1) is 6.92 Å². The first-order chi connectivity index (χ1) is 9.56. The molecule has 0 aliphatic heterocycles. The van der Waals surface area contributed by atoms with Gasteiger partial charge in [0.15, 0.2) is 0 Å². The molecule has 0 unspecified atom stereocenters. The Labute approximate surface area is 121 Å². The number of carbonyl (C=O) groups is 1. The Morgan fingerprint density at radius 3 is 2.85 bits per heavy atom. The summed E-state index contributed by atoms with van der Waals surface area (Å²) in [5, 5.41) is 13.9. The molecule has 0 heterocycles. The maximum atomic E-state index is 11.8. The quantitative estimate of drug-likeness (QED) is 0.673. The number of aryl methyl sites for hydroxylation is 1. The molecule has 2 N–H and O–H groups in total. The van der Waals surface area contributed by atoms with Crippen molar-refractivity contribution in [3.05, 3.63) is 64.2 Å². The van der Waals surface area contributed by atoms with Crippen molar-refractivity contribution in [3.8, 4) is 5.75 Å². The van der Waals surface area contributed by atoms with E-state index in [-0.39, 0.29) is 11.7 Å². The van der Waals surface area contributed by atoms with Crippen molar-refractivity contribution in [2.75, 3.05) is 0 Å². The van der Waals surface area contributed by atoms with Gasteiger partial charge in [-0.1, -0.05) is 29.3 Å². The van der Waals surface area contributed by atoms with Crippen molar-refractivity contribution in [1.29, 1.82) is 0 Å². The maximum absolute atomic E-state index is 11.8. The third-order valence-electron chi connectivity index (χ3n) is 2.64. The van der Waals surface area contributed by atoms with E-state index in [1.165, 1.54) is 12.3 Å². The molecule has 0 spiro atoms. The van der Waals surface area contributed by atoms with E-state index in [1.807, 2.05) is 13.0 Å². The van der Waals surface area contributed by atoms with Crippen molar-refractivity contribution in [2.24, 2.45) is 5.10 Å². The number of carbonyl (C=O) groups excluding carboxylic acids is 1. The van der Waals surface area contributed by atoms with E-state index >= 15 is 0 Å². The highest BCUT2D eigenvalue weighted by atomic mass is 35.5. The third kappa shape index (κ3) is 3.59. The fourth-order valence-corrected chi connectivity index (χ4v) is 1.82. The second kappa shape index (κ2) is 6.21. The SMILES string of the molecule is Cc1cccc(C(=O)NN=Cc2cc(Cl)ccc2O)c1. The number of hydrogen-bond donors (Lipinski definition) is 2. The molecule has 2 aromatic rings. The summed E-state index contributed by atoms with van der Waals surface area (Å²) in [7, 11) is 0. The van der Waals surface area contributed by atoms with Crippen LogP contribution in [0.15, 0.2) is 47.6 Å². The lowest BCUT2D eigenvalue weighted by Gasteiger charge is -2.02. The van der Waals surface area contributed by atoms with Crippen molar-refractivity contribution in [2.45, 2.75) is 6.92 Å². The Morgan fingerprint density at radius 1 is 1.30 bits per heavy atom. The van der Waals surface area contributed by atoms with Crippen molar-refractivity contribution in [3.63, 3.8) is 0 Å². The summed E-state index contributed by atoms with van der Waals surface area (Å²) in [5.74, 6) is -0.269. The minimum absolute atomic E-state index is 0.0444. The molecule has 0 bridgehead atoms. The highest BCUT2D eigenvalue weighted by Crippen LogP contribution is 2.19. The van der Waals surface area contributed by atoms with Gasteiger partial charge in [-0.05, 0) is 37.3 Å². The van der Waals surface area contributed by atoms with Gasteiger partial charge in [-0.3, -0.25) is 4.79 Å². The number of halogens is 1. The van der Waals surface area contributed by atoms with Crippen LogP contribution in [0.5, 0.6) is 5.75 Å². The third-order valence-corrected chi connectivity index (χ3v) is 2.87. The summed E-state index contributed by atoms with van der Waals surface area (Å²) < 4.78 is 0. The van der Waals surface area contributed by atoms with Crippen molar-refractivity contribution < 1.29 is 9.90 Å². The van der Waals surface area contributed by atoms with E-state index < -0.39 is 0 Å². The van der Waals surface area contributed by atoms with E-state index in [0.29, 0.717) is 16.1 Å². The standard InChI is InChI=1S/C15H13ClN2O2/c1-10-3-2-4-11(7-10)15(20)18-17-9-12-8-13(16)5-6-14(12)19/h2-9,19H,1H3,(H,18,20). The topological polar surface area (TPSA) is 61.7 Å². The lowest BCUT2D eigenvalue weighted by Crippen LogP contribution is -2.17. The van der Waals surface area contributed by atoms with Gasteiger partial charge < -0.3 is 5.11 Å². The van der Waals surface area contributed by atoms with Gasteiger partial charge in [0.05, 0.1) is 6.21 Å². The van der Waals surface area contributed by atoms with E-state index in [0.717, 1.165) is 5.56 Å². The summed E-state index contributed by atoms with van der Waals surface area (Å²) in [6.45, 7) is 1.91. The van der Waals surface area contributed by atoms with Gasteiger partial charge in [0.2, 0.25) is 0 Å². The predicted molar refractivity (Wildman–Crippen MR) is 79.4 cm³/mol. The zero-order chi connectivity index (χ0) is 14.5. The van der Waals surface area contributed by atoms with E-state index in [9.17, 15) is 9.90 Å². The molecule has 0 saturated heterocycles. The van der Waals surface area contributed by atoms with Gasteiger partial charge in [-0.2, -0.15) is 5.10 Å². The number of nitrogens with zero attached hydrogens (tertiary/aromatic N) is 1. The zero-order valence-electron chi connectivity index (χ0n) is 10.8. The number of nitrogens with one attached hydrogen (secondary N) is 1. The normalized spacial score (nSPS) is 10.7. The molecular formula is C15H13ClN2O2. The summed E-state index contributed by atoms with van der Waals surface area (Å²) in [4.78, 5) is 11.8. The van der Waals surface area contributed by atoms with Gasteiger partial charge in [0.25, 0.3) is 5.91 Å². The lowest BCUT2D eigenvalue weighted by atomic mass is 10.1. The highest BCUT2D eigenvalue weighted by Gasteiger charge is 2.04. The van der Waals surface area contributed by atoms with Gasteiger partial charge >= 0.3 is 0 Å². The fraction of sp³-hybridized carbons (Fsp3) is 0.0667. The van der Waals surface area contributed by atoms with Crippen LogP contribution in [0.4, 0.5) is 0 Å². The molecule has 0 aliphatic rings. The minimum atomic E-state index is -0.313. The second-order valence-corrected chi connectivity index (χ2v) is 4.71. The van der Waals surface area contributed by atoms with Crippen LogP contribution < -0.4 is 5.43 Å². The molecule has 0 atom stereocenters. The molecule has 0 saturated carbocycles. The van der Waals surface area contributed by atoms with Crippen LogP contribution in [-0.2, 0) is 0 Å². The van der Waals surface area contributed by atoms with Gasteiger partial charge in [-0.25, -0.2) is 5.43 Å². The van der Waals surface area contributed by atoms with Crippen LogP contribution >= 0.6 is 11.6 Å². The highest BCUT2D eigenvalue weighted by molar-refractivity contribution is 6.30. The minimum Gasteiger partial charge on any atom is -0.507 e. The van der Waals surface area contributed by atoms with Crippen LogP contribution in [0.3, 0.4) is 0 Å². The zero-order valence-corrected chi connectivity index (χ0v) is 11.6. The molecule has 0 fully saturated rings. The number of amides is 1. The Morgan fingerprint density at radius 2 is 2.10 bits per heavy atom. The van der Waals surface area contributed by atoms with Gasteiger partial charge in [-0.15, -0.1) is 0 Å². The fourth-order valence-electron chi connectivity index (χ4n) is 1.64. The summed E-state index contributed by atoms with van der Waals surface area (Å²) in [5.41, 5.74) is 4.35. The Hall–Kier alpha value is -2.33. The molecule has 4 nitrogen and oxygen atoms in total. The van der Waals surface area contributed by atoms with Crippen LogP contribution in [-0.4, -0.2) is 17.2 Å². The van der Waals surface area contributed by atoms with Crippen molar-refractivity contribution in [1.82, 2.24) is 5.43 Å². The maximum Gasteiger partial charge on any atom is 0.271 e. The average Bonchev–Trinajstić information content (AvgIpc) is 2.42. The first-order valence-electron chi connectivity index (χ1n) is 5.95. The Bertz CT molecular complexity index is 669. The summed E-state index contributed by atoms with van der Waals surface area (Å²) in [6.07, 6.45) is 1.34. The number of hydrogen-bond acceptors (Lipinski definition) is 3. The number of phenols is 1. The summed E-state index contributed by atoms with van der Waals surface area (Å²) in [6, 6.07) is 11.8. The molecule has 0 aliphatic carbocycles. The first-order valence-corrected chi connectivity index (χ1v) is 6.32. The van der Waals surface area contributed by atoms with E-state index in [2.05, 4.69) is 10.5 Å². The molecule has 5 heteroatoms. The first kappa shape index (κ1) is 14.1. The molecular weight excluding hydrogens is 276 g/mol. The number of benzene rings is 2. The summed E-state index contributed by atoms with van der Waals surface area (Å²) >= 11 is 5.81. The lowest BCUT2D eigenvalue weighted by molar-refractivity contribution is 0.0955. The second-order valence-electron chi connectivity index (χ2n) is 4.27. The van der Waals surface area contributed by atoms with E-state index in [1.54, 1.807) is 30.3 Å². The monoisotopic (exact) mass is 288 g/mol. The predicted octanol–water partition coefficient (Wildman–Crippen LogP) is 3.12.